The maximum absolute atomic E-state index is 13.4. The number of piperidine rings is 1. The highest BCUT2D eigenvalue weighted by molar-refractivity contribution is 9.10. The summed E-state index contributed by atoms with van der Waals surface area (Å²) in [6.07, 6.45) is 7.23. The van der Waals surface area contributed by atoms with Crippen LogP contribution in [0.5, 0.6) is 5.75 Å². The van der Waals surface area contributed by atoms with E-state index in [9.17, 15) is 4.79 Å². The molecular weight excluding hydrogens is 452 g/mol. The number of hydrogen-bond acceptors (Lipinski definition) is 3. The quantitative estimate of drug-likeness (QED) is 0.508. The summed E-state index contributed by atoms with van der Waals surface area (Å²) in [7, 11) is 0. The Bertz CT molecular complexity index is 924. The standard InChI is InChI=1S/C26H31BrN2O2/c27-20-9-7-19(8-10-20)25-22-12-11-21(31-17-5-15-28-13-2-1-3-14-28)18-23(22)24-6-4-16-29(24)26(25)30/h7-12,18,24-25H,1-6,13-17H2/t24-,25+/m1/s1. The fraction of sp³-hybridized carbons (Fsp3) is 0.500. The summed E-state index contributed by atoms with van der Waals surface area (Å²) in [4.78, 5) is 18.0. The SMILES string of the molecule is O=C1[C@@H](c2ccc(Br)cc2)c2ccc(OCCCN3CCCCC3)cc2[C@H]2CCCN12. The molecule has 2 aromatic carbocycles. The molecule has 2 aromatic rings. The zero-order valence-electron chi connectivity index (χ0n) is 18.1. The van der Waals surface area contributed by atoms with Crippen molar-refractivity contribution < 1.29 is 9.53 Å². The number of benzene rings is 2. The lowest BCUT2D eigenvalue weighted by atomic mass is 9.81. The van der Waals surface area contributed by atoms with Gasteiger partial charge in [-0.25, -0.2) is 0 Å². The van der Waals surface area contributed by atoms with Gasteiger partial charge in [-0.15, -0.1) is 0 Å². The van der Waals surface area contributed by atoms with E-state index in [0.29, 0.717) is 0 Å². The second-order valence-corrected chi connectivity index (χ2v) is 9.98. The number of rotatable bonds is 6. The van der Waals surface area contributed by atoms with Crippen LogP contribution >= 0.6 is 15.9 Å². The number of carbonyl (C=O) groups is 1. The smallest absolute Gasteiger partial charge is 0.235 e. The number of halogens is 1. The molecule has 5 heteroatoms. The number of fused-ring (bicyclic) bond motifs is 3. The first kappa shape index (κ1) is 21.0. The summed E-state index contributed by atoms with van der Waals surface area (Å²) in [6, 6.07) is 14.8. The van der Waals surface area contributed by atoms with E-state index in [1.807, 2.05) is 12.1 Å². The van der Waals surface area contributed by atoms with Gasteiger partial charge in [0.25, 0.3) is 0 Å². The highest BCUT2D eigenvalue weighted by atomic mass is 79.9. The first-order chi connectivity index (χ1) is 15.2. The van der Waals surface area contributed by atoms with E-state index in [4.69, 9.17) is 4.74 Å². The van der Waals surface area contributed by atoms with Gasteiger partial charge in [0.2, 0.25) is 5.91 Å². The fourth-order valence-corrected chi connectivity index (χ4v) is 5.75. The molecule has 0 bridgehead atoms. The summed E-state index contributed by atoms with van der Waals surface area (Å²) in [5.41, 5.74) is 3.49. The highest BCUT2D eigenvalue weighted by Crippen LogP contribution is 2.46. The van der Waals surface area contributed by atoms with Gasteiger partial charge >= 0.3 is 0 Å². The van der Waals surface area contributed by atoms with E-state index in [1.165, 1.54) is 37.9 Å². The topological polar surface area (TPSA) is 32.8 Å². The van der Waals surface area contributed by atoms with Gasteiger partial charge in [-0.05, 0) is 86.1 Å². The van der Waals surface area contributed by atoms with Gasteiger partial charge in [-0.1, -0.05) is 40.5 Å². The summed E-state index contributed by atoms with van der Waals surface area (Å²) in [5.74, 6) is 0.964. The monoisotopic (exact) mass is 482 g/mol. The molecule has 3 heterocycles. The molecule has 31 heavy (non-hydrogen) atoms. The normalized spacial score (nSPS) is 23.5. The van der Waals surface area contributed by atoms with Crippen LogP contribution in [0, 0.1) is 0 Å². The molecule has 3 aliphatic heterocycles. The van der Waals surface area contributed by atoms with Gasteiger partial charge in [0.15, 0.2) is 0 Å². The van der Waals surface area contributed by atoms with E-state index in [1.54, 1.807) is 0 Å². The number of ether oxygens (including phenoxy) is 1. The molecule has 1 amide bonds. The molecule has 0 saturated carbocycles. The zero-order chi connectivity index (χ0) is 21.2. The van der Waals surface area contributed by atoms with Crippen molar-refractivity contribution in [2.24, 2.45) is 0 Å². The Morgan fingerprint density at radius 1 is 0.935 bits per heavy atom. The van der Waals surface area contributed by atoms with E-state index in [0.717, 1.165) is 60.3 Å². The van der Waals surface area contributed by atoms with Crippen molar-refractivity contribution >= 4 is 21.8 Å². The van der Waals surface area contributed by atoms with Crippen molar-refractivity contribution in [3.8, 4) is 5.75 Å². The molecule has 0 spiro atoms. The number of hydrogen-bond donors (Lipinski definition) is 0. The molecule has 5 rings (SSSR count). The number of amides is 1. The van der Waals surface area contributed by atoms with Crippen LogP contribution in [0.25, 0.3) is 0 Å². The van der Waals surface area contributed by atoms with Crippen molar-refractivity contribution in [3.05, 3.63) is 63.6 Å². The van der Waals surface area contributed by atoms with Crippen LogP contribution in [0.1, 0.15) is 67.2 Å². The largest absolute Gasteiger partial charge is 0.494 e. The van der Waals surface area contributed by atoms with Crippen LogP contribution < -0.4 is 4.74 Å². The molecule has 0 N–H and O–H groups in total. The Balaban J connectivity index is 1.33. The van der Waals surface area contributed by atoms with Gasteiger partial charge in [-0.2, -0.15) is 0 Å². The van der Waals surface area contributed by atoms with Crippen molar-refractivity contribution in [1.82, 2.24) is 9.80 Å². The van der Waals surface area contributed by atoms with Gasteiger partial charge in [0, 0.05) is 17.6 Å². The predicted octanol–water partition coefficient (Wildman–Crippen LogP) is 5.51. The van der Waals surface area contributed by atoms with Crippen LogP contribution in [0.2, 0.25) is 0 Å². The molecule has 2 fully saturated rings. The lowest BCUT2D eigenvalue weighted by Gasteiger charge is -2.37. The van der Waals surface area contributed by atoms with Crippen molar-refractivity contribution in [3.63, 3.8) is 0 Å². The minimum atomic E-state index is -0.217. The highest BCUT2D eigenvalue weighted by Gasteiger charge is 2.42. The van der Waals surface area contributed by atoms with Gasteiger partial charge < -0.3 is 14.5 Å². The average Bonchev–Trinajstić information content (AvgIpc) is 3.30. The molecule has 0 aromatic heterocycles. The third kappa shape index (κ3) is 4.40. The van der Waals surface area contributed by atoms with Crippen LogP contribution in [0.15, 0.2) is 46.9 Å². The summed E-state index contributed by atoms with van der Waals surface area (Å²) in [5, 5.41) is 0. The predicted molar refractivity (Wildman–Crippen MR) is 127 cm³/mol. The Kier molecular flexibility index (Phi) is 6.33. The minimum absolute atomic E-state index is 0.200. The molecule has 2 atom stereocenters. The molecule has 4 nitrogen and oxygen atoms in total. The van der Waals surface area contributed by atoms with Crippen molar-refractivity contribution in [2.45, 2.75) is 50.5 Å². The van der Waals surface area contributed by atoms with Gasteiger partial charge in [0.05, 0.1) is 18.6 Å². The third-order valence-electron chi connectivity index (χ3n) is 7.05. The van der Waals surface area contributed by atoms with Crippen LogP contribution in [0.3, 0.4) is 0 Å². The Morgan fingerprint density at radius 2 is 1.74 bits per heavy atom. The maximum Gasteiger partial charge on any atom is 0.235 e. The zero-order valence-corrected chi connectivity index (χ0v) is 19.6. The maximum atomic E-state index is 13.4. The number of likely N-dealkylation sites (tertiary alicyclic amines) is 1. The number of carbonyl (C=O) groups excluding carboxylic acids is 1. The summed E-state index contributed by atoms with van der Waals surface area (Å²) < 4.78 is 7.19. The summed E-state index contributed by atoms with van der Waals surface area (Å²) in [6.45, 7) is 5.21. The van der Waals surface area contributed by atoms with Crippen LogP contribution in [0.4, 0.5) is 0 Å². The Hall–Kier alpha value is -1.85. The molecular formula is C26H31BrN2O2. The molecule has 0 aliphatic carbocycles. The lowest BCUT2D eigenvalue weighted by Crippen LogP contribution is -2.40. The van der Waals surface area contributed by atoms with Crippen molar-refractivity contribution in [2.75, 3.05) is 32.8 Å². The van der Waals surface area contributed by atoms with Gasteiger partial charge in [-0.3, -0.25) is 4.79 Å². The Morgan fingerprint density at radius 3 is 2.55 bits per heavy atom. The second-order valence-electron chi connectivity index (χ2n) is 9.07. The Labute approximate surface area is 193 Å². The van der Waals surface area contributed by atoms with E-state index < -0.39 is 0 Å². The lowest BCUT2D eigenvalue weighted by molar-refractivity contribution is -0.133. The number of nitrogens with zero attached hydrogens (tertiary/aromatic N) is 2. The van der Waals surface area contributed by atoms with Gasteiger partial charge in [0.1, 0.15) is 5.75 Å². The van der Waals surface area contributed by atoms with E-state index in [-0.39, 0.29) is 17.9 Å². The van der Waals surface area contributed by atoms with Crippen molar-refractivity contribution in [1.29, 1.82) is 0 Å². The second kappa shape index (κ2) is 9.33. The minimum Gasteiger partial charge on any atom is -0.494 e. The first-order valence-electron chi connectivity index (χ1n) is 11.8. The molecule has 0 radical (unpaired) electrons. The van der Waals surface area contributed by atoms with Crippen LogP contribution in [-0.4, -0.2) is 48.5 Å². The van der Waals surface area contributed by atoms with E-state index >= 15 is 0 Å². The molecule has 3 aliphatic rings. The van der Waals surface area contributed by atoms with E-state index in [2.05, 4.69) is 56.1 Å². The fourth-order valence-electron chi connectivity index (χ4n) is 5.49. The molecule has 0 unspecified atom stereocenters. The first-order valence-corrected chi connectivity index (χ1v) is 12.5. The average molecular weight is 483 g/mol. The third-order valence-corrected chi connectivity index (χ3v) is 7.58. The summed E-state index contributed by atoms with van der Waals surface area (Å²) >= 11 is 3.51. The van der Waals surface area contributed by atoms with Crippen LogP contribution in [-0.2, 0) is 4.79 Å². The molecule has 164 valence electrons. The molecule has 2 saturated heterocycles.